The maximum atomic E-state index is 5.79. The SMILES string of the molecule is CCc1cccc(C(NN)c2cccc(N(C)C)c2)c1. The van der Waals surface area contributed by atoms with Crippen LogP contribution in [0.15, 0.2) is 48.5 Å². The number of hydrogen-bond donors (Lipinski definition) is 2. The quantitative estimate of drug-likeness (QED) is 0.648. The van der Waals surface area contributed by atoms with Gasteiger partial charge in [-0.05, 0) is 35.2 Å². The van der Waals surface area contributed by atoms with E-state index < -0.39 is 0 Å². The van der Waals surface area contributed by atoms with Crippen molar-refractivity contribution in [3.63, 3.8) is 0 Å². The van der Waals surface area contributed by atoms with E-state index in [-0.39, 0.29) is 6.04 Å². The van der Waals surface area contributed by atoms with Gasteiger partial charge in [-0.3, -0.25) is 5.84 Å². The second-order valence-corrected chi connectivity index (χ2v) is 5.19. The summed E-state index contributed by atoms with van der Waals surface area (Å²) in [6, 6.07) is 17.0. The van der Waals surface area contributed by atoms with Crippen LogP contribution < -0.4 is 16.2 Å². The summed E-state index contributed by atoms with van der Waals surface area (Å²) in [6.45, 7) is 2.16. The first-order valence-corrected chi connectivity index (χ1v) is 6.98. The molecule has 0 radical (unpaired) electrons. The average molecular weight is 269 g/mol. The van der Waals surface area contributed by atoms with Crippen LogP contribution in [0.25, 0.3) is 0 Å². The molecule has 0 bridgehead atoms. The fourth-order valence-corrected chi connectivity index (χ4v) is 2.36. The van der Waals surface area contributed by atoms with Crippen molar-refractivity contribution in [3.8, 4) is 0 Å². The van der Waals surface area contributed by atoms with E-state index in [1.54, 1.807) is 0 Å². The van der Waals surface area contributed by atoms with Gasteiger partial charge in [0.25, 0.3) is 0 Å². The topological polar surface area (TPSA) is 41.3 Å². The number of rotatable bonds is 5. The molecular weight excluding hydrogens is 246 g/mol. The molecule has 2 aromatic rings. The molecule has 3 N–H and O–H groups in total. The molecule has 0 saturated heterocycles. The van der Waals surface area contributed by atoms with Gasteiger partial charge in [-0.1, -0.05) is 43.3 Å². The second kappa shape index (κ2) is 6.55. The van der Waals surface area contributed by atoms with Gasteiger partial charge in [0.05, 0.1) is 6.04 Å². The number of nitrogens with two attached hydrogens (primary N) is 1. The van der Waals surface area contributed by atoms with Crippen LogP contribution in [0, 0.1) is 0 Å². The summed E-state index contributed by atoms with van der Waals surface area (Å²) >= 11 is 0. The normalized spacial score (nSPS) is 12.2. The molecule has 0 amide bonds. The van der Waals surface area contributed by atoms with Crippen molar-refractivity contribution >= 4 is 5.69 Å². The Kier molecular flexibility index (Phi) is 4.77. The molecule has 2 aromatic carbocycles. The highest BCUT2D eigenvalue weighted by Gasteiger charge is 2.13. The Morgan fingerprint density at radius 3 is 2.30 bits per heavy atom. The van der Waals surface area contributed by atoms with Crippen LogP contribution in [-0.4, -0.2) is 14.1 Å². The van der Waals surface area contributed by atoms with Crippen LogP contribution in [0.2, 0.25) is 0 Å². The summed E-state index contributed by atoms with van der Waals surface area (Å²) in [4.78, 5) is 2.10. The largest absolute Gasteiger partial charge is 0.378 e. The van der Waals surface area contributed by atoms with Gasteiger partial charge in [0.1, 0.15) is 0 Å². The molecule has 0 aromatic heterocycles. The van der Waals surface area contributed by atoms with Gasteiger partial charge in [-0.25, -0.2) is 5.43 Å². The lowest BCUT2D eigenvalue weighted by Crippen LogP contribution is -2.29. The van der Waals surface area contributed by atoms with Crippen LogP contribution in [0.4, 0.5) is 5.69 Å². The molecule has 0 spiro atoms. The summed E-state index contributed by atoms with van der Waals surface area (Å²) < 4.78 is 0. The highest BCUT2D eigenvalue weighted by atomic mass is 15.2. The van der Waals surface area contributed by atoms with Gasteiger partial charge in [0.2, 0.25) is 0 Å². The lowest BCUT2D eigenvalue weighted by atomic mass is 9.96. The zero-order valence-electron chi connectivity index (χ0n) is 12.4. The fraction of sp³-hybridized carbons (Fsp3) is 0.294. The number of anilines is 1. The first kappa shape index (κ1) is 14.6. The third kappa shape index (κ3) is 3.18. The van der Waals surface area contributed by atoms with Crippen molar-refractivity contribution in [2.75, 3.05) is 19.0 Å². The summed E-state index contributed by atoms with van der Waals surface area (Å²) in [6.07, 6.45) is 1.03. The maximum Gasteiger partial charge on any atom is 0.0710 e. The van der Waals surface area contributed by atoms with E-state index in [4.69, 9.17) is 5.84 Å². The minimum Gasteiger partial charge on any atom is -0.378 e. The lowest BCUT2D eigenvalue weighted by Gasteiger charge is -2.20. The molecule has 3 nitrogen and oxygen atoms in total. The number of hydrogen-bond acceptors (Lipinski definition) is 3. The zero-order chi connectivity index (χ0) is 14.5. The molecule has 0 aliphatic carbocycles. The monoisotopic (exact) mass is 269 g/mol. The zero-order valence-corrected chi connectivity index (χ0v) is 12.4. The van der Waals surface area contributed by atoms with E-state index in [1.165, 1.54) is 22.4 Å². The van der Waals surface area contributed by atoms with Crippen LogP contribution in [0.5, 0.6) is 0 Å². The molecule has 1 atom stereocenters. The van der Waals surface area contributed by atoms with Gasteiger partial charge in [-0.15, -0.1) is 0 Å². The van der Waals surface area contributed by atoms with Crippen molar-refractivity contribution in [1.29, 1.82) is 0 Å². The number of aryl methyl sites for hydroxylation is 1. The van der Waals surface area contributed by atoms with E-state index >= 15 is 0 Å². The van der Waals surface area contributed by atoms with Crippen molar-refractivity contribution in [3.05, 3.63) is 65.2 Å². The minimum atomic E-state index is 0.0152. The third-order valence-electron chi connectivity index (χ3n) is 3.58. The molecule has 106 valence electrons. The van der Waals surface area contributed by atoms with Gasteiger partial charge in [0, 0.05) is 19.8 Å². The van der Waals surface area contributed by atoms with E-state index in [0.717, 1.165) is 6.42 Å². The third-order valence-corrected chi connectivity index (χ3v) is 3.58. The number of hydrazine groups is 1. The number of nitrogens with one attached hydrogen (secondary N) is 1. The Morgan fingerprint density at radius 1 is 1.05 bits per heavy atom. The minimum absolute atomic E-state index is 0.0152. The summed E-state index contributed by atoms with van der Waals surface area (Å²) in [5, 5.41) is 0. The Morgan fingerprint density at radius 2 is 1.70 bits per heavy atom. The average Bonchev–Trinajstić information content (AvgIpc) is 2.48. The van der Waals surface area contributed by atoms with Crippen LogP contribution in [-0.2, 0) is 6.42 Å². The lowest BCUT2D eigenvalue weighted by molar-refractivity contribution is 0.636. The summed E-state index contributed by atoms with van der Waals surface area (Å²) in [5.74, 6) is 5.79. The molecule has 2 rings (SSSR count). The Hall–Kier alpha value is -1.84. The Bertz CT molecular complexity index is 564. The van der Waals surface area contributed by atoms with Crippen molar-refractivity contribution in [2.24, 2.45) is 5.84 Å². The Balaban J connectivity index is 2.38. The summed E-state index contributed by atoms with van der Waals surface area (Å²) in [7, 11) is 4.09. The maximum absolute atomic E-state index is 5.79. The van der Waals surface area contributed by atoms with Crippen LogP contribution in [0.1, 0.15) is 29.7 Å². The highest BCUT2D eigenvalue weighted by Crippen LogP contribution is 2.25. The number of nitrogens with zero attached hydrogens (tertiary/aromatic N) is 1. The van der Waals surface area contributed by atoms with Gasteiger partial charge < -0.3 is 4.90 Å². The van der Waals surface area contributed by atoms with E-state index in [1.807, 2.05) is 14.1 Å². The van der Waals surface area contributed by atoms with Crippen LogP contribution in [0.3, 0.4) is 0 Å². The Labute approximate surface area is 121 Å². The van der Waals surface area contributed by atoms with Gasteiger partial charge in [0.15, 0.2) is 0 Å². The molecular formula is C17H23N3. The molecule has 0 fully saturated rings. The molecule has 1 unspecified atom stereocenters. The van der Waals surface area contributed by atoms with E-state index in [9.17, 15) is 0 Å². The number of benzene rings is 2. The van der Waals surface area contributed by atoms with E-state index in [2.05, 4.69) is 65.8 Å². The highest BCUT2D eigenvalue weighted by molar-refractivity contribution is 5.49. The fourth-order valence-electron chi connectivity index (χ4n) is 2.36. The first-order valence-electron chi connectivity index (χ1n) is 6.98. The van der Waals surface area contributed by atoms with Crippen molar-refractivity contribution in [1.82, 2.24) is 5.43 Å². The van der Waals surface area contributed by atoms with Crippen molar-refractivity contribution in [2.45, 2.75) is 19.4 Å². The molecule has 0 aliphatic heterocycles. The smallest absolute Gasteiger partial charge is 0.0710 e. The summed E-state index contributed by atoms with van der Waals surface area (Å²) in [5.41, 5.74) is 7.80. The first-order chi connectivity index (χ1) is 9.65. The van der Waals surface area contributed by atoms with Gasteiger partial charge >= 0.3 is 0 Å². The predicted molar refractivity (Wildman–Crippen MR) is 85.8 cm³/mol. The second-order valence-electron chi connectivity index (χ2n) is 5.19. The molecule has 3 heteroatoms. The van der Waals surface area contributed by atoms with Crippen LogP contribution >= 0.6 is 0 Å². The van der Waals surface area contributed by atoms with Gasteiger partial charge in [-0.2, -0.15) is 0 Å². The predicted octanol–water partition coefficient (Wildman–Crippen LogP) is 2.87. The van der Waals surface area contributed by atoms with Crippen molar-refractivity contribution < 1.29 is 0 Å². The standard InChI is InChI=1S/C17H23N3/c1-4-13-7-5-8-14(11-13)17(19-18)15-9-6-10-16(12-15)20(2)3/h5-12,17,19H,4,18H2,1-3H3. The molecule has 0 saturated carbocycles. The molecule has 20 heavy (non-hydrogen) atoms. The van der Waals surface area contributed by atoms with E-state index in [0.29, 0.717) is 0 Å². The molecule has 0 heterocycles. The molecule has 0 aliphatic rings.